The molecule has 1 amide bonds. The largest absolute Gasteiger partial charge is 0.465 e. The SMILES string of the molecule is COC(=O)c1ccc(NC(=O)CN(c2ccccc2C)S(C)(=O)=O)cc1. The molecule has 0 spiro atoms. The third-order valence-corrected chi connectivity index (χ3v) is 4.79. The summed E-state index contributed by atoms with van der Waals surface area (Å²) in [6.07, 6.45) is 1.05. The minimum Gasteiger partial charge on any atom is -0.465 e. The van der Waals surface area contributed by atoms with Gasteiger partial charge in [0.25, 0.3) is 0 Å². The lowest BCUT2D eigenvalue weighted by Gasteiger charge is -2.23. The number of aryl methyl sites for hydroxylation is 1. The van der Waals surface area contributed by atoms with Crippen LogP contribution in [0, 0.1) is 6.92 Å². The van der Waals surface area contributed by atoms with Crippen molar-refractivity contribution >= 4 is 33.3 Å². The highest BCUT2D eigenvalue weighted by atomic mass is 32.2. The monoisotopic (exact) mass is 376 g/mol. The van der Waals surface area contributed by atoms with Gasteiger partial charge < -0.3 is 10.1 Å². The molecule has 8 heteroatoms. The molecule has 0 unspecified atom stereocenters. The molecular weight excluding hydrogens is 356 g/mol. The molecule has 0 bridgehead atoms. The van der Waals surface area contributed by atoms with Gasteiger partial charge in [0.2, 0.25) is 15.9 Å². The van der Waals surface area contributed by atoms with Crippen molar-refractivity contribution in [2.24, 2.45) is 0 Å². The summed E-state index contributed by atoms with van der Waals surface area (Å²) < 4.78 is 29.9. The Bertz CT molecular complexity index is 907. The summed E-state index contributed by atoms with van der Waals surface area (Å²) in [6.45, 7) is 1.42. The first-order valence-corrected chi connectivity index (χ1v) is 9.59. The van der Waals surface area contributed by atoms with Crippen LogP contribution in [0.25, 0.3) is 0 Å². The van der Waals surface area contributed by atoms with Gasteiger partial charge in [-0.2, -0.15) is 0 Å². The zero-order chi connectivity index (χ0) is 19.3. The van der Waals surface area contributed by atoms with Crippen LogP contribution in [-0.4, -0.2) is 40.2 Å². The molecule has 0 radical (unpaired) electrons. The second kappa shape index (κ2) is 8.01. The fourth-order valence-electron chi connectivity index (χ4n) is 2.36. The van der Waals surface area contributed by atoms with E-state index in [4.69, 9.17) is 0 Å². The molecule has 26 heavy (non-hydrogen) atoms. The molecule has 2 rings (SSSR count). The van der Waals surface area contributed by atoms with Gasteiger partial charge >= 0.3 is 5.97 Å². The second-order valence-corrected chi connectivity index (χ2v) is 7.58. The summed E-state index contributed by atoms with van der Waals surface area (Å²) in [5, 5.41) is 2.62. The maximum absolute atomic E-state index is 12.3. The van der Waals surface area contributed by atoms with E-state index >= 15 is 0 Å². The quantitative estimate of drug-likeness (QED) is 0.780. The number of nitrogens with one attached hydrogen (secondary N) is 1. The molecule has 0 saturated carbocycles. The third kappa shape index (κ3) is 4.82. The lowest BCUT2D eigenvalue weighted by Crippen LogP contribution is -2.37. The number of methoxy groups -OCH3 is 1. The van der Waals surface area contributed by atoms with Crippen molar-refractivity contribution in [3.8, 4) is 0 Å². The molecule has 0 atom stereocenters. The molecule has 0 aliphatic rings. The van der Waals surface area contributed by atoms with E-state index in [0.29, 0.717) is 16.9 Å². The number of amides is 1. The van der Waals surface area contributed by atoms with Crippen molar-refractivity contribution in [2.75, 3.05) is 29.5 Å². The van der Waals surface area contributed by atoms with E-state index < -0.39 is 21.9 Å². The molecule has 0 fully saturated rings. The summed E-state index contributed by atoms with van der Waals surface area (Å²) in [7, 11) is -2.36. The molecule has 0 aromatic heterocycles. The topological polar surface area (TPSA) is 92.8 Å². The van der Waals surface area contributed by atoms with Crippen molar-refractivity contribution in [1.82, 2.24) is 0 Å². The van der Waals surface area contributed by atoms with Crippen LogP contribution in [0.4, 0.5) is 11.4 Å². The van der Waals surface area contributed by atoms with Crippen LogP contribution < -0.4 is 9.62 Å². The first-order chi connectivity index (χ1) is 12.2. The van der Waals surface area contributed by atoms with E-state index in [-0.39, 0.29) is 6.54 Å². The number of rotatable bonds is 6. The number of ether oxygens (including phenoxy) is 1. The average Bonchev–Trinajstić information content (AvgIpc) is 2.59. The van der Waals surface area contributed by atoms with Gasteiger partial charge in [-0.1, -0.05) is 18.2 Å². The Morgan fingerprint density at radius 3 is 2.23 bits per heavy atom. The fraction of sp³-hybridized carbons (Fsp3) is 0.222. The highest BCUT2D eigenvalue weighted by Gasteiger charge is 2.22. The van der Waals surface area contributed by atoms with Gasteiger partial charge in [0.15, 0.2) is 0 Å². The predicted octanol–water partition coefficient (Wildman–Crippen LogP) is 2.19. The lowest BCUT2D eigenvalue weighted by atomic mass is 10.2. The van der Waals surface area contributed by atoms with Crippen molar-refractivity contribution in [2.45, 2.75) is 6.92 Å². The number of sulfonamides is 1. The molecule has 0 aliphatic carbocycles. The standard InChI is InChI=1S/C18H20N2O5S/c1-13-6-4-5-7-16(13)20(26(3,23)24)12-17(21)19-15-10-8-14(9-11-15)18(22)25-2/h4-11H,12H2,1-3H3,(H,19,21). The second-order valence-electron chi connectivity index (χ2n) is 5.67. The first-order valence-electron chi connectivity index (χ1n) is 7.74. The number of hydrogen-bond donors (Lipinski definition) is 1. The molecule has 0 aliphatic heterocycles. The molecular formula is C18H20N2O5S. The predicted molar refractivity (Wildman–Crippen MR) is 99.8 cm³/mol. The van der Waals surface area contributed by atoms with Crippen LogP contribution in [-0.2, 0) is 19.6 Å². The number of benzene rings is 2. The Kier molecular flexibility index (Phi) is 5.99. The Labute approximate surface area is 152 Å². The summed E-state index contributed by atoms with van der Waals surface area (Å²) in [5.41, 5.74) is 1.99. The molecule has 1 N–H and O–H groups in total. The van der Waals surface area contributed by atoms with E-state index in [1.54, 1.807) is 43.3 Å². The Balaban J connectivity index is 2.16. The maximum Gasteiger partial charge on any atom is 0.337 e. The van der Waals surface area contributed by atoms with Gasteiger partial charge in [0.1, 0.15) is 6.54 Å². The van der Waals surface area contributed by atoms with Gasteiger partial charge in [-0.15, -0.1) is 0 Å². The fourth-order valence-corrected chi connectivity index (χ4v) is 3.28. The molecule has 7 nitrogen and oxygen atoms in total. The van der Waals surface area contributed by atoms with E-state index in [1.807, 2.05) is 0 Å². The minimum atomic E-state index is -3.64. The van der Waals surface area contributed by atoms with Gasteiger partial charge in [0.05, 0.1) is 24.6 Å². The molecule has 0 heterocycles. The summed E-state index contributed by atoms with van der Waals surface area (Å²) in [4.78, 5) is 23.7. The van der Waals surface area contributed by atoms with Crippen LogP contribution in [0.1, 0.15) is 15.9 Å². The van der Waals surface area contributed by atoms with Crippen molar-refractivity contribution in [3.63, 3.8) is 0 Å². The van der Waals surface area contributed by atoms with Crippen molar-refractivity contribution in [3.05, 3.63) is 59.7 Å². The summed E-state index contributed by atoms with van der Waals surface area (Å²) >= 11 is 0. The van der Waals surface area contributed by atoms with Crippen LogP contribution >= 0.6 is 0 Å². The van der Waals surface area contributed by atoms with Gasteiger partial charge in [-0.25, -0.2) is 13.2 Å². The molecule has 2 aromatic rings. The van der Waals surface area contributed by atoms with Crippen molar-refractivity contribution < 1.29 is 22.7 Å². The maximum atomic E-state index is 12.3. The zero-order valence-electron chi connectivity index (χ0n) is 14.7. The highest BCUT2D eigenvalue weighted by Crippen LogP contribution is 2.22. The average molecular weight is 376 g/mol. The third-order valence-electron chi connectivity index (χ3n) is 3.66. The van der Waals surface area contributed by atoms with E-state index in [2.05, 4.69) is 10.1 Å². The first kappa shape index (κ1) is 19.5. The number of para-hydroxylation sites is 1. The van der Waals surface area contributed by atoms with Crippen LogP contribution in [0.5, 0.6) is 0 Å². The number of carbonyl (C=O) groups excluding carboxylic acids is 2. The summed E-state index contributed by atoms with van der Waals surface area (Å²) in [5.74, 6) is -0.977. The smallest absolute Gasteiger partial charge is 0.337 e. The van der Waals surface area contributed by atoms with Crippen LogP contribution in [0.2, 0.25) is 0 Å². The van der Waals surface area contributed by atoms with Crippen LogP contribution in [0.3, 0.4) is 0 Å². The zero-order valence-corrected chi connectivity index (χ0v) is 15.5. The number of nitrogens with zero attached hydrogens (tertiary/aromatic N) is 1. The van der Waals surface area contributed by atoms with E-state index in [0.717, 1.165) is 16.1 Å². The van der Waals surface area contributed by atoms with Crippen molar-refractivity contribution in [1.29, 1.82) is 0 Å². The van der Waals surface area contributed by atoms with E-state index in [9.17, 15) is 18.0 Å². The molecule has 2 aromatic carbocycles. The highest BCUT2D eigenvalue weighted by molar-refractivity contribution is 7.92. The summed E-state index contributed by atoms with van der Waals surface area (Å²) in [6, 6.07) is 13.0. The lowest BCUT2D eigenvalue weighted by molar-refractivity contribution is -0.114. The van der Waals surface area contributed by atoms with Gasteiger partial charge in [0, 0.05) is 5.69 Å². The van der Waals surface area contributed by atoms with Crippen LogP contribution in [0.15, 0.2) is 48.5 Å². The number of anilines is 2. The van der Waals surface area contributed by atoms with Gasteiger partial charge in [-0.05, 0) is 42.8 Å². The molecule has 0 saturated heterocycles. The van der Waals surface area contributed by atoms with E-state index in [1.165, 1.54) is 19.2 Å². The Morgan fingerprint density at radius 2 is 1.69 bits per heavy atom. The Morgan fingerprint density at radius 1 is 1.08 bits per heavy atom. The normalized spacial score (nSPS) is 10.9. The number of hydrogen-bond acceptors (Lipinski definition) is 5. The number of esters is 1. The van der Waals surface area contributed by atoms with Gasteiger partial charge in [-0.3, -0.25) is 9.10 Å². The Hall–Kier alpha value is -2.87. The number of carbonyl (C=O) groups is 2. The molecule has 138 valence electrons. The minimum absolute atomic E-state index is 0.350.